The normalized spacial score (nSPS) is 13.4. The van der Waals surface area contributed by atoms with Crippen LogP contribution in [0.5, 0.6) is 0 Å². The second-order valence-electron chi connectivity index (χ2n) is 4.33. The predicted octanol–water partition coefficient (Wildman–Crippen LogP) is 0.576. The van der Waals surface area contributed by atoms with E-state index in [0.29, 0.717) is 0 Å². The van der Waals surface area contributed by atoms with Gasteiger partial charge in [0.2, 0.25) is 0 Å². The Morgan fingerprint density at radius 2 is 1.33 bits per heavy atom. The summed E-state index contributed by atoms with van der Waals surface area (Å²) in [7, 11) is 0. The highest BCUT2D eigenvalue weighted by Gasteiger charge is 2.19. The summed E-state index contributed by atoms with van der Waals surface area (Å²) in [6, 6.07) is 8.68. The Labute approximate surface area is 124 Å². The van der Waals surface area contributed by atoms with Crippen molar-refractivity contribution in [2.45, 2.75) is 39.0 Å². The first-order valence-electron chi connectivity index (χ1n) is 6.22. The van der Waals surface area contributed by atoms with Gasteiger partial charge in [0, 0.05) is 25.9 Å². The first-order chi connectivity index (χ1) is 9.59. The van der Waals surface area contributed by atoms with Crippen LogP contribution in [-0.4, -0.2) is 39.3 Å². The smallest absolute Gasteiger partial charge is 0.300 e. The molecule has 3 unspecified atom stereocenters. The van der Waals surface area contributed by atoms with E-state index in [1.54, 1.807) is 6.92 Å². The summed E-state index contributed by atoms with van der Waals surface area (Å²) in [6.45, 7) is 3.96. The van der Waals surface area contributed by atoms with Crippen LogP contribution in [0.2, 0.25) is 0 Å². The lowest BCUT2D eigenvalue weighted by molar-refractivity contribution is -0.135. The lowest BCUT2D eigenvalue weighted by atomic mass is 9.99. The SMILES string of the molecule is CC(=O)O.CC(=O)O.CC(N)C(N)C(O)c1ccccc1. The van der Waals surface area contributed by atoms with Crippen LogP contribution in [0.25, 0.3) is 0 Å². The Kier molecular flexibility index (Phi) is 12.0. The Morgan fingerprint density at radius 1 is 1.00 bits per heavy atom. The fraction of sp³-hybridized carbons (Fsp3) is 0.429. The zero-order valence-corrected chi connectivity index (χ0v) is 12.4. The van der Waals surface area contributed by atoms with Crippen LogP contribution in [0.1, 0.15) is 32.4 Å². The molecule has 0 amide bonds. The van der Waals surface area contributed by atoms with Crippen LogP contribution >= 0.6 is 0 Å². The minimum absolute atomic E-state index is 0.213. The quantitative estimate of drug-likeness (QED) is 0.548. The number of carboxylic acids is 2. The third-order valence-corrected chi connectivity index (χ3v) is 2.11. The monoisotopic (exact) mass is 300 g/mol. The molecule has 3 atom stereocenters. The lowest BCUT2D eigenvalue weighted by Gasteiger charge is -2.22. The highest BCUT2D eigenvalue weighted by molar-refractivity contribution is 5.63. The summed E-state index contributed by atoms with van der Waals surface area (Å²) in [6.07, 6.45) is -0.679. The first kappa shape index (κ1) is 21.3. The molecule has 0 aliphatic carbocycles. The van der Waals surface area contributed by atoms with Crippen molar-refractivity contribution in [2.24, 2.45) is 11.5 Å². The summed E-state index contributed by atoms with van der Waals surface area (Å²) in [5.74, 6) is -1.67. The van der Waals surface area contributed by atoms with Crippen molar-refractivity contribution < 1.29 is 24.9 Å². The molecule has 1 aromatic rings. The van der Waals surface area contributed by atoms with Gasteiger partial charge < -0.3 is 26.8 Å². The largest absolute Gasteiger partial charge is 0.481 e. The number of nitrogens with two attached hydrogens (primary N) is 2. The predicted molar refractivity (Wildman–Crippen MR) is 79.6 cm³/mol. The van der Waals surface area contributed by atoms with Gasteiger partial charge in [-0.25, -0.2) is 0 Å². The van der Waals surface area contributed by atoms with Crippen LogP contribution in [0.4, 0.5) is 0 Å². The van der Waals surface area contributed by atoms with Crippen molar-refractivity contribution >= 4 is 11.9 Å². The third kappa shape index (κ3) is 14.3. The first-order valence-corrected chi connectivity index (χ1v) is 6.22. The van der Waals surface area contributed by atoms with Crippen molar-refractivity contribution in [1.29, 1.82) is 0 Å². The van der Waals surface area contributed by atoms with E-state index in [1.165, 1.54) is 0 Å². The van der Waals surface area contributed by atoms with Gasteiger partial charge in [-0.2, -0.15) is 0 Å². The maximum Gasteiger partial charge on any atom is 0.300 e. The molecule has 0 heterocycles. The van der Waals surface area contributed by atoms with Crippen LogP contribution in [0, 0.1) is 0 Å². The van der Waals surface area contributed by atoms with Gasteiger partial charge in [0.25, 0.3) is 11.9 Å². The summed E-state index contributed by atoms with van der Waals surface area (Å²) < 4.78 is 0. The molecule has 1 rings (SSSR count). The molecule has 7 nitrogen and oxygen atoms in total. The fourth-order valence-corrected chi connectivity index (χ4v) is 1.16. The molecule has 0 spiro atoms. The molecule has 0 saturated carbocycles. The van der Waals surface area contributed by atoms with Crippen LogP contribution in [0.3, 0.4) is 0 Å². The molecule has 0 aliphatic rings. The molecule has 21 heavy (non-hydrogen) atoms. The molecule has 7 heteroatoms. The van der Waals surface area contributed by atoms with Crippen molar-refractivity contribution in [1.82, 2.24) is 0 Å². The van der Waals surface area contributed by atoms with E-state index in [1.807, 2.05) is 30.3 Å². The Balaban J connectivity index is 0. The minimum atomic E-state index is -0.833. The Bertz CT molecular complexity index is 389. The molecular formula is C14H24N2O5. The van der Waals surface area contributed by atoms with E-state index in [2.05, 4.69) is 0 Å². The van der Waals surface area contributed by atoms with E-state index in [-0.39, 0.29) is 6.04 Å². The van der Waals surface area contributed by atoms with Gasteiger partial charge in [0.05, 0.1) is 6.10 Å². The number of carbonyl (C=O) groups is 2. The number of hydrogen-bond donors (Lipinski definition) is 5. The van der Waals surface area contributed by atoms with Gasteiger partial charge in [-0.1, -0.05) is 30.3 Å². The molecule has 0 aliphatic heterocycles. The van der Waals surface area contributed by atoms with Gasteiger partial charge in [-0.15, -0.1) is 0 Å². The maximum absolute atomic E-state index is 9.75. The van der Waals surface area contributed by atoms with Crippen molar-refractivity contribution in [2.75, 3.05) is 0 Å². The number of benzene rings is 1. The van der Waals surface area contributed by atoms with Gasteiger partial charge >= 0.3 is 0 Å². The van der Waals surface area contributed by atoms with Gasteiger partial charge in [0.1, 0.15) is 0 Å². The molecule has 0 radical (unpaired) electrons. The number of aliphatic carboxylic acids is 2. The molecule has 1 aromatic carbocycles. The number of hydrogen-bond acceptors (Lipinski definition) is 5. The third-order valence-electron chi connectivity index (χ3n) is 2.11. The summed E-state index contributed by atoms with van der Waals surface area (Å²) in [4.78, 5) is 18.0. The second kappa shape index (κ2) is 11.8. The van der Waals surface area contributed by atoms with Gasteiger partial charge in [-0.05, 0) is 12.5 Å². The Hall–Kier alpha value is -1.96. The number of carboxylic acid groups (broad SMARTS) is 2. The molecule has 0 bridgehead atoms. The van der Waals surface area contributed by atoms with E-state index >= 15 is 0 Å². The van der Waals surface area contributed by atoms with Crippen LogP contribution < -0.4 is 11.5 Å². The fourth-order valence-electron chi connectivity index (χ4n) is 1.16. The average Bonchev–Trinajstić information content (AvgIpc) is 2.36. The van der Waals surface area contributed by atoms with Crippen LogP contribution in [-0.2, 0) is 9.59 Å². The van der Waals surface area contributed by atoms with Crippen LogP contribution in [0.15, 0.2) is 30.3 Å². The summed E-state index contributed by atoms with van der Waals surface area (Å²) in [5.41, 5.74) is 12.1. The topological polar surface area (TPSA) is 147 Å². The van der Waals surface area contributed by atoms with Crippen molar-refractivity contribution in [3.05, 3.63) is 35.9 Å². The molecule has 0 aromatic heterocycles. The summed E-state index contributed by atoms with van der Waals surface area (Å²) in [5, 5.41) is 24.6. The van der Waals surface area contributed by atoms with E-state index in [4.69, 9.17) is 31.3 Å². The second-order valence-corrected chi connectivity index (χ2v) is 4.33. The van der Waals surface area contributed by atoms with E-state index in [9.17, 15) is 5.11 Å². The zero-order valence-electron chi connectivity index (χ0n) is 12.4. The van der Waals surface area contributed by atoms with Crippen molar-refractivity contribution in [3.8, 4) is 0 Å². The average molecular weight is 300 g/mol. The molecule has 120 valence electrons. The number of rotatable bonds is 3. The summed E-state index contributed by atoms with van der Waals surface area (Å²) >= 11 is 0. The van der Waals surface area contributed by atoms with Gasteiger partial charge in [-0.3, -0.25) is 9.59 Å². The molecule has 7 N–H and O–H groups in total. The van der Waals surface area contributed by atoms with E-state index < -0.39 is 24.1 Å². The maximum atomic E-state index is 9.75. The zero-order chi connectivity index (χ0) is 17.0. The number of aliphatic hydroxyl groups is 1. The highest BCUT2D eigenvalue weighted by Crippen LogP contribution is 2.15. The standard InChI is InChI=1S/C10H16N2O.2C2H4O2/c1-7(11)9(12)10(13)8-5-3-2-4-6-8;2*1-2(3)4/h2-7,9-10,13H,11-12H2,1H3;2*1H3,(H,3,4). The molecular weight excluding hydrogens is 276 g/mol. The van der Waals surface area contributed by atoms with Crippen molar-refractivity contribution in [3.63, 3.8) is 0 Å². The molecule has 0 fully saturated rings. The number of aliphatic hydroxyl groups excluding tert-OH is 1. The molecule has 0 saturated heterocycles. The van der Waals surface area contributed by atoms with E-state index in [0.717, 1.165) is 19.4 Å². The minimum Gasteiger partial charge on any atom is -0.481 e. The highest BCUT2D eigenvalue weighted by atomic mass is 16.4. The van der Waals surface area contributed by atoms with Gasteiger partial charge in [0.15, 0.2) is 0 Å². The lowest BCUT2D eigenvalue weighted by Crippen LogP contribution is -2.43. The Morgan fingerprint density at radius 3 is 1.62 bits per heavy atom.